The zero-order valence-corrected chi connectivity index (χ0v) is 20.7. The molecule has 1 saturated heterocycles. The molecule has 1 aliphatic heterocycles. The zero-order valence-electron chi connectivity index (χ0n) is 19.9. The molecule has 11 heteroatoms. The van der Waals surface area contributed by atoms with Gasteiger partial charge in [-0.1, -0.05) is 35.5 Å². The van der Waals surface area contributed by atoms with E-state index in [9.17, 15) is 18.0 Å². The number of aromatic nitrogens is 3. The second-order valence-corrected chi connectivity index (χ2v) is 9.62. The fourth-order valence-corrected chi connectivity index (χ4v) is 5.36. The first-order chi connectivity index (χ1) is 17.8. The van der Waals surface area contributed by atoms with Gasteiger partial charge >= 0.3 is 6.18 Å². The SMILES string of the molecule is Cc1onc(-c2ccccc2)c1-c1csc(C2CCN(C(=O)c3cccnc3OCC(F)(F)F)CC2)n1. The Balaban J connectivity index is 1.27. The molecule has 7 nitrogen and oxygen atoms in total. The van der Waals surface area contributed by atoms with E-state index in [-0.39, 0.29) is 17.4 Å². The van der Waals surface area contributed by atoms with Crippen LogP contribution in [0.25, 0.3) is 22.5 Å². The molecule has 0 spiro atoms. The molecule has 37 heavy (non-hydrogen) atoms. The van der Waals surface area contributed by atoms with Gasteiger partial charge in [0.05, 0.1) is 16.3 Å². The highest BCUT2D eigenvalue weighted by atomic mass is 32.1. The molecule has 0 N–H and O–H groups in total. The van der Waals surface area contributed by atoms with Crippen LogP contribution in [0.15, 0.2) is 58.6 Å². The smallest absolute Gasteiger partial charge is 0.422 e. The van der Waals surface area contributed by atoms with Crippen molar-refractivity contribution in [2.24, 2.45) is 0 Å². The third-order valence-corrected chi connectivity index (χ3v) is 7.20. The maximum Gasteiger partial charge on any atom is 0.422 e. The number of amides is 1. The number of benzene rings is 1. The highest BCUT2D eigenvalue weighted by molar-refractivity contribution is 7.10. The summed E-state index contributed by atoms with van der Waals surface area (Å²) in [5, 5.41) is 7.21. The van der Waals surface area contributed by atoms with Gasteiger partial charge in [-0.15, -0.1) is 11.3 Å². The van der Waals surface area contributed by atoms with Crippen LogP contribution < -0.4 is 4.74 Å². The van der Waals surface area contributed by atoms with E-state index in [2.05, 4.69) is 10.1 Å². The minimum Gasteiger partial charge on any atom is -0.467 e. The lowest BCUT2D eigenvalue weighted by molar-refractivity contribution is -0.154. The molecule has 0 bridgehead atoms. The second-order valence-electron chi connectivity index (χ2n) is 8.73. The number of nitrogens with zero attached hydrogens (tertiary/aromatic N) is 4. The quantitative estimate of drug-likeness (QED) is 0.300. The lowest BCUT2D eigenvalue weighted by Gasteiger charge is -2.31. The van der Waals surface area contributed by atoms with Crippen LogP contribution in [0.5, 0.6) is 5.88 Å². The Kier molecular flexibility index (Phi) is 6.96. The summed E-state index contributed by atoms with van der Waals surface area (Å²) >= 11 is 1.56. The first-order valence-corrected chi connectivity index (χ1v) is 12.6. The van der Waals surface area contributed by atoms with Crippen LogP contribution in [0.2, 0.25) is 0 Å². The molecule has 0 atom stereocenters. The molecule has 0 saturated carbocycles. The number of pyridine rings is 1. The summed E-state index contributed by atoms with van der Waals surface area (Å²) in [5.74, 6) is 0.153. The lowest BCUT2D eigenvalue weighted by Crippen LogP contribution is -2.38. The topological polar surface area (TPSA) is 81.4 Å². The van der Waals surface area contributed by atoms with Crippen molar-refractivity contribution in [3.8, 4) is 28.4 Å². The highest BCUT2D eigenvalue weighted by Gasteiger charge is 2.32. The van der Waals surface area contributed by atoms with Gasteiger partial charge in [-0.05, 0) is 31.9 Å². The van der Waals surface area contributed by atoms with Crippen LogP contribution in [0, 0.1) is 6.92 Å². The third kappa shape index (κ3) is 5.51. The number of likely N-dealkylation sites (tertiary alicyclic amines) is 1. The average molecular weight is 529 g/mol. The van der Waals surface area contributed by atoms with Gasteiger partial charge in [0.15, 0.2) is 6.61 Å². The van der Waals surface area contributed by atoms with Gasteiger partial charge in [0.1, 0.15) is 17.0 Å². The van der Waals surface area contributed by atoms with Crippen molar-refractivity contribution in [3.63, 3.8) is 0 Å². The van der Waals surface area contributed by atoms with E-state index in [0.717, 1.165) is 27.5 Å². The number of halogens is 3. The largest absolute Gasteiger partial charge is 0.467 e. The molecule has 1 fully saturated rings. The fourth-order valence-electron chi connectivity index (χ4n) is 4.38. The number of aryl methyl sites for hydroxylation is 1. The van der Waals surface area contributed by atoms with E-state index in [1.54, 1.807) is 16.2 Å². The summed E-state index contributed by atoms with van der Waals surface area (Å²) in [6.07, 6.45) is -1.84. The molecular weight excluding hydrogens is 505 g/mol. The van der Waals surface area contributed by atoms with Crippen LogP contribution in [-0.4, -0.2) is 51.8 Å². The van der Waals surface area contributed by atoms with E-state index >= 15 is 0 Å². The van der Waals surface area contributed by atoms with E-state index in [0.29, 0.717) is 31.7 Å². The van der Waals surface area contributed by atoms with Crippen LogP contribution in [0.4, 0.5) is 13.2 Å². The molecule has 1 aliphatic rings. The molecule has 0 unspecified atom stereocenters. The molecule has 4 heterocycles. The first-order valence-electron chi connectivity index (χ1n) is 11.7. The number of hydrogen-bond donors (Lipinski definition) is 0. The minimum absolute atomic E-state index is 0.0260. The summed E-state index contributed by atoms with van der Waals surface area (Å²) in [5.41, 5.74) is 3.39. The molecular formula is C26H23F3N4O3S. The Bertz CT molecular complexity index is 1380. The number of thiazole rings is 1. The summed E-state index contributed by atoms with van der Waals surface area (Å²) < 4.78 is 48.0. The maximum atomic E-state index is 13.1. The van der Waals surface area contributed by atoms with Crippen molar-refractivity contribution in [3.05, 3.63) is 70.4 Å². The predicted molar refractivity (Wildman–Crippen MR) is 131 cm³/mol. The summed E-state index contributed by atoms with van der Waals surface area (Å²) in [6.45, 7) is 1.26. The van der Waals surface area contributed by atoms with E-state index < -0.39 is 18.7 Å². The third-order valence-electron chi connectivity index (χ3n) is 6.19. The minimum atomic E-state index is -4.52. The number of alkyl halides is 3. The Morgan fingerprint density at radius 1 is 1.16 bits per heavy atom. The zero-order chi connectivity index (χ0) is 26.0. The molecule has 0 radical (unpaired) electrons. The van der Waals surface area contributed by atoms with Gasteiger partial charge < -0.3 is 14.2 Å². The van der Waals surface area contributed by atoms with Crippen molar-refractivity contribution in [1.82, 2.24) is 20.0 Å². The Hall–Kier alpha value is -3.73. The summed E-state index contributed by atoms with van der Waals surface area (Å²) in [6, 6.07) is 12.7. The first kappa shape index (κ1) is 24.9. The van der Waals surface area contributed by atoms with Crippen molar-refractivity contribution in [1.29, 1.82) is 0 Å². The van der Waals surface area contributed by atoms with Gasteiger partial charge in [0.2, 0.25) is 5.88 Å². The monoisotopic (exact) mass is 528 g/mol. The van der Waals surface area contributed by atoms with Crippen LogP contribution in [0.3, 0.4) is 0 Å². The van der Waals surface area contributed by atoms with Crippen molar-refractivity contribution < 1.29 is 27.2 Å². The van der Waals surface area contributed by atoms with Gasteiger partial charge in [0, 0.05) is 36.1 Å². The summed E-state index contributed by atoms with van der Waals surface area (Å²) in [4.78, 5) is 23.4. The average Bonchev–Trinajstić information content (AvgIpc) is 3.54. The molecule has 4 aromatic rings. The second kappa shape index (κ2) is 10.3. The van der Waals surface area contributed by atoms with Gasteiger partial charge in [-0.3, -0.25) is 4.79 Å². The Labute approximate surface area is 214 Å². The highest BCUT2D eigenvalue weighted by Crippen LogP contribution is 2.38. The van der Waals surface area contributed by atoms with Crippen LogP contribution in [-0.2, 0) is 0 Å². The van der Waals surface area contributed by atoms with Crippen molar-refractivity contribution in [2.75, 3.05) is 19.7 Å². The van der Waals surface area contributed by atoms with E-state index in [1.165, 1.54) is 18.3 Å². The number of hydrogen-bond acceptors (Lipinski definition) is 7. The Morgan fingerprint density at radius 2 is 1.92 bits per heavy atom. The van der Waals surface area contributed by atoms with Gasteiger partial charge in [-0.2, -0.15) is 13.2 Å². The van der Waals surface area contributed by atoms with Crippen molar-refractivity contribution >= 4 is 17.2 Å². The normalized spacial score (nSPS) is 14.6. The Morgan fingerprint density at radius 3 is 2.65 bits per heavy atom. The van der Waals surface area contributed by atoms with Crippen LogP contribution in [0.1, 0.15) is 39.9 Å². The van der Waals surface area contributed by atoms with E-state index in [4.69, 9.17) is 14.2 Å². The van der Waals surface area contributed by atoms with Gasteiger partial charge in [-0.25, -0.2) is 9.97 Å². The predicted octanol–water partition coefficient (Wildman–Crippen LogP) is 6.13. The van der Waals surface area contributed by atoms with Crippen LogP contribution >= 0.6 is 11.3 Å². The fraction of sp³-hybridized carbons (Fsp3) is 0.308. The molecule has 1 aromatic carbocycles. The lowest BCUT2D eigenvalue weighted by atomic mass is 9.97. The molecule has 192 valence electrons. The standard InChI is InChI=1S/C26H23F3N4O3S/c1-16-21(22(32-36-16)17-6-3-2-4-7-17)20-14-37-24(31-20)18-9-12-33(13-10-18)25(34)19-8-5-11-30-23(19)35-15-26(27,28)29/h2-8,11,14,18H,9-10,12-13,15H2,1H3. The molecule has 0 aliphatic carbocycles. The molecule has 1 amide bonds. The van der Waals surface area contributed by atoms with E-state index in [1.807, 2.05) is 42.6 Å². The molecule has 5 rings (SSSR count). The summed E-state index contributed by atoms with van der Waals surface area (Å²) in [7, 11) is 0. The number of piperidine rings is 1. The number of carbonyl (C=O) groups excluding carboxylic acids is 1. The number of rotatable bonds is 6. The van der Waals surface area contributed by atoms with Crippen molar-refractivity contribution in [2.45, 2.75) is 31.9 Å². The van der Waals surface area contributed by atoms with Gasteiger partial charge in [0.25, 0.3) is 5.91 Å². The number of carbonyl (C=O) groups is 1. The number of ether oxygens (including phenoxy) is 1. The maximum absolute atomic E-state index is 13.1. The molecule has 3 aromatic heterocycles.